The van der Waals surface area contributed by atoms with Crippen LogP contribution < -0.4 is 5.73 Å². The Kier molecular flexibility index (Phi) is 4.45. The number of halogens is 1. The molecule has 4 heteroatoms. The van der Waals surface area contributed by atoms with E-state index in [2.05, 4.69) is 6.92 Å². The van der Waals surface area contributed by atoms with E-state index in [1.54, 1.807) is 6.07 Å². The number of hydrogen-bond acceptors (Lipinski definition) is 3. The molecule has 1 aromatic rings. The SMILES string of the molecule is CCCCC1(CCC(C)=O)Cc2cc(N)c(F)cc2C1=O. The zero-order valence-electron chi connectivity index (χ0n) is 12.7. The highest BCUT2D eigenvalue weighted by atomic mass is 19.1. The van der Waals surface area contributed by atoms with E-state index in [1.807, 2.05) is 0 Å². The first-order chi connectivity index (χ1) is 9.89. The van der Waals surface area contributed by atoms with E-state index < -0.39 is 11.2 Å². The molecule has 1 unspecified atom stereocenters. The Morgan fingerprint density at radius 3 is 2.71 bits per heavy atom. The number of rotatable bonds is 6. The number of hydrogen-bond donors (Lipinski definition) is 1. The Bertz CT molecular complexity index is 582. The lowest BCUT2D eigenvalue weighted by atomic mass is 9.75. The van der Waals surface area contributed by atoms with Crippen LogP contribution in [0.25, 0.3) is 0 Å². The second-order valence-electron chi connectivity index (χ2n) is 6.12. The summed E-state index contributed by atoms with van der Waals surface area (Å²) in [6.07, 6.45) is 4.15. The Morgan fingerprint density at radius 1 is 1.38 bits per heavy atom. The van der Waals surface area contributed by atoms with Gasteiger partial charge in [-0.3, -0.25) is 4.79 Å². The Labute approximate surface area is 124 Å². The maximum atomic E-state index is 13.6. The van der Waals surface area contributed by atoms with Gasteiger partial charge < -0.3 is 10.5 Å². The molecule has 1 aliphatic rings. The Hall–Kier alpha value is -1.71. The van der Waals surface area contributed by atoms with Crippen molar-refractivity contribution < 1.29 is 14.0 Å². The van der Waals surface area contributed by atoms with Gasteiger partial charge in [0.05, 0.1) is 5.69 Å². The molecule has 0 radical (unpaired) electrons. The van der Waals surface area contributed by atoms with Crippen LogP contribution in [0.1, 0.15) is 61.9 Å². The zero-order chi connectivity index (χ0) is 15.6. The third-order valence-corrected chi connectivity index (χ3v) is 4.44. The zero-order valence-corrected chi connectivity index (χ0v) is 12.7. The molecule has 0 aromatic heterocycles. The molecule has 0 amide bonds. The normalized spacial score (nSPS) is 20.6. The number of nitrogens with two attached hydrogens (primary N) is 1. The number of fused-ring (bicyclic) bond motifs is 1. The fourth-order valence-corrected chi connectivity index (χ4v) is 3.18. The lowest BCUT2D eigenvalue weighted by Crippen LogP contribution is -2.29. The highest BCUT2D eigenvalue weighted by molar-refractivity contribution is 6.05. The van der Waals surface area contributed by atoms with Gasteiger partial charge in [-0.15, -0.1) is 0 Å². The summed E-state index contributed by atoms with van der Waals surface area (Å²) in [6, 6.07) is 2.83. The van der Waals surface area contributed by atoms with Gasteiger partial charge in [0.25, 0.3) is 0 Å². The minimum absolute atomic E-state index is 0.0221. The molecule has 2 rings (SSSR count). The van der Waals surface area contributed by atoms with Gasteiger partial charge in [0.15, 0.2) is 5.78 Å². The number of ketones is 2. The van der Waals surface area contributed by atoms with E-state index in [0.717, 1.165) is 24.8 Å². The maximum Gasteiger partial charge on any atom is 0.169 e. The van der Waals surface area contributed by atoms with Crippen LogP contribution in [0.5, 0.6) is 0 Å². The number of carbonyl (C=O) groups excluding carboxylic acids is 2. The summed E-state index contributed by atoms with van der Waals surface area (Å²) in [4.78, 5) is 24.1. The van der Waals surface area contributed by atoms with Crippen molar-refractivity contribution in [3.63, 3.8) is 0 Å². The number of benzene rings is 1. The van der Waals surface area contributed by atoms with Crippen molar-refractivity contribution in [1.82, 2.24) is 0 Å². The topological polar surface area (TPSA) is 60.2 Å². The molecule has 0 saturated carbocycles. The van der Waals surface area contributed by atoms with E-state index in [9.17, 15) is 14.0 Å². The third-order valence-electron chi connectivity index (χ3n) is 4.44. The van der Waals surface area contributed by atoms with Gasteiger partial charge in [-0.1, -0.05) is 19.8 Å². The predicted octanol–water partition coefficient (Wildman–Crippen LogP) is 3.69. The van der Waals surface area contributed by atoms with E-state index in [0.29, 0.717) is 24.8 Å². The van der Waals surface area contributed by atoms with Crippen molar-refractivity contribution in [2.75, 3.05) is 5.73 Å². The molecule has 0 fully saturated rings. The number of Topliss-reactive ketones (excluding diaryl/α,β-unsaturated/α-hetero) is 2. The van der Waals surface area contributed by atoms with Gasteiger partial charge in [0.1, 0.15) is 11.6 Å². The van der Waals surface area contributed by atoms with Crippen molar-refractivity contribution in [2.24, 2.45) is 5.41 Å². The minimum Gasteiger partial charge on any atom is -0.396 e. The van der Waals surface area contributed by atoms with Crippen molar-refractivity contribution in [3.8, 4) is 0 Å². The molecular formula is C17H22FNO2. The molecule has 0 saturated heterocycles. The second kappa shape index (κ2) is 5.96. The molecule has 1 aromatic carbocycles. The first-order valence-corrected chi connectivity index (χ1v) is 7.52. The van der Waals surface area contributed by atoms with Crippen molar-refractivity contribution in [3.05, 3.63) is 29.1 Å². The van der Waals surface area contributed by atoms with E-state index in [1.165, 1.54) is 13.0 Å². The van der Waals surface area contributed by atoms with Gasteiger partial charge in [-0.25, -0.2) is 4.39 Å². The highest BCUT2D eigenvalue weighted by Crippen LogP contribution is 2.45. The molecule has 1 atom stereocenters. The van der Waals surface area contributed by atoms with Crippen LogP contribution in [0.2, 0.25) is 0 Å². The summed E-state index contributed by atoms with van der Waals surface area (Å²) in [5, 5.41) is 0. The molecule has 114 valence electrons. The summed E-state index contributed by atoms with van der Waals surface area (Å²) in [6.45, 7) is 3.61. The van der Waals surface area contributed by atoms with Crippen LogP contribution in [0, 0.1) is 11.2 Å². The van der Waals surface area contributed by atoms with Gasteiger partial charge in [0, 0.05) is 17.4 Å². The second-order valence-corrected chi connectivity index (χ2v) is 6.12. The summed E-state index contributed by atoms with van der Waals surface area (Å²) in [7, 11) is 0. The van der Waals surface area contributed by atoms with Gasteiger partial charge in [0.2, 0.25) is 0 Å². The van der Waals surface area contributed by atoms with Gasteiger partial charge in [-0.2, -0.15) is 0 Å². The van der Waals surface area contributed by atoms with Crippen molar-refractivity contribution in [1.29, 1.82) is 0 Å². The summed E-state index contributed by atoms with van der Waals surface area (Å²) in [5.41, 5.74) is 6.40. The average molecular weight is 291 g/mol. The quantitative estimate of drug-likeness (QED) is 0.813. The predicted molar refractivity (Wildman–Crippen MR) is 80.7 cm³/mol. The number of nitrogen functional groups attached to an aromatic ring is 1. The van der Waals surface area contributed by atoms with Crippen molar-refractivity contribution in [2.45, 2.75) is 52.4 Å². The van der Waals surface area contributed by atoms with Crippen molar-refractivity contribution >= 4 is 17.3 Å². The van der Waals surface area contributed by atoms with Gasteiger partial charge in [-0.05, 0) is 43.9 Å². The van der Waals surface area contributed by atoms with E-state index in [4.69, 9.17) is 5.73 Å². The molecule has 1 aliphatic carbocycles. The summed E-state index contributed by atoms with van der Waals surface area (Å²) >= 11 is 0. The standard InChI is InChI=1S/C17H22FNO2/c1-3-4-6-17(7-5-11(2)20)10-12-8-15(19)14(18)9-13(12)16(17)21/h8-9H,3-7,10,19H2,1-2H3. The number of unbranched alkanes of at least 4 members (excludes halogenated alkanes) is 1. The van der Waals surface area contributed by atoms with Crippen LogP contribution in [0.4, 0.5) is 10.1 Å². The molecule has 0 spiro atoms. The summed E-state index contributed by atoms with van der Waals surface area (Å²) < 4.78 is 13.6. The summed E-state index contributed by atoms with van der Waals surface area (Å²) in [5.74, 6) is -0.480. The maximum absolute atomic E-state index is 13.6. The first-order valence-electron chi connectivity index (χ1n) is 7.52. The van der Waals surface area contributed by atoms with Gasteiger partial charge >= 0.3 is 0 Å². The third kappa shape index (κ3) is 2.99. The van der Waals surface area contributed by atoms with Crippen LogP contribution >= 0.6 is 0 Å². The fraction of sp³-hybridized carbons (Fsp3) is 0.529. The van der Waals surface area contributed by atoms with E-state index >= 15 is 0 Å². The molecule has 2 N–H and O–H groups in total. The molecular weight excluding hydrogens is 269 g/mol. The van der Waals surface area contributed by atoms with Crippen LogP contribution in [-0.4, -0.2) is 11.6 Å². The van der Waals surface area contributed by atoms with E-state index in [-0.39, 0.29) is 17.3 Å². The smallest absolute Gasteiger partial charge is 0.169 e. The Morgan fingerprint density at radius 2 is 2.10 bits per heavy atom. The highest BCUT2D eigenvalue weighted by Gasteiger charge is 2.44. The largest absolute Gasteiger partial charge is 0.396 e. The van der Waals surface area contributed by atoms with Crippen LogP contribution in [-0.2, 0) is 11.2 Å². The molecule has 0 bridgehead atoms. The Balaban J connectivity index is 2.35. The number of anilines is 1. The average Bonchev–Trinajstić information content (AvgIpc) is 2.69. The minimum atomic E-state index is -0.551. The fourth-order valence-electron chi connectivity index (χ4n) is 3.18. The molecule has 0 heterocycles. The molecule has 3 nitrogen and oxygen atoms in total. The molecule has 21 heavy (non-hydrogen) atoms. The molecule has 0 aliphatic heterocycles. The number of carbonyl (C=O) groups is 2. The lowest BCUT2D eigenvalue weighted by molar-refractivity contribution is -0.117. The lowest BCUT2D eigenvalue weighted by Gasteiger charge is -2.27. The first kappa shape index (κ1) is 15.7. The van der Waals surface area contributed by atoms with Crippen LogP contribution in [0.3, 0.4) is 0 Å². The van der Waals surface area contributed by atoms with Crippen LogP contribution in [0.15, 0.2) is 12.1 Å². The monoisotopic (exact) mass is 291 g/mol.